The molecule has 13 heteroatoms. The van der Waals surface area contributed by atoms with E-state index in [1.54, 1.807) is 51.7 Å². The topological polar surface area (TPSA) is 121 Å². The van der Waals surface area contributed by atoms with Crippen LogP contribution in [0.5, 0.6) is 5.75 Å². The Labute approximate surface area is 370 Å². The second kappa shape index (κ2) is 20.6. The zero-order valence-electron chi connectivity index (χ0n) is 32.8. The van der Waals surface area contributed by atoms with Crippen LogP contribution in [0.3, 0.4) is 0 Å². The normalized spacial score (nSPS) is 13.1. The number of fused-ring (bicyclic) bond motifs is 4. The molecule has 4 aromatic carbocycles. The van der Waals surface area contributed by atoms with Crippen LogP contribution in [0.2, 0.25) is 0 Å². The number of benzene rings is 4. The Kier molecular flexibility index (Phi) is 16.2. The Morgan fingerprint density at radius 2 is 1.19 bits per heavy atom. The molecule has 306 valence electrons. The van der Waals surface area contributed by atoms with Gasteiger partial charge in [-0.3, -0.25) is 9.59 Å². The van der Waals surface area contributed by atoms with E-state index in [0.717, 1.165) is 74.8 Å². The molecule has 0 aliphatic carbocycles. The summed E-state index contributed by atoms with van der Waals surface area (Å²) in [6.07, 6.45) is 7.33. The molecule has 0 radical (unpaired) electrons. The molecule has 0 saturated carbocycles. The lowest BCUT2D eigenvalue weighted by Crippen LogP contribution is -2.37. The monoisotopic (exact) mass is 1040 g/mol. The number of Topliss-reactive ketones (excluding diaryl/α,β-unsaturated/α-hetero) is 2. The van der Waals surface area contributed by atoms with E-state index in [0.29, 0.717) is 24.3 Å². The average molecular weight is 1050 g/mol. The van der Waals surface area contributed by atoms with Crippen molar-refractivity contribution >= 4 is 108 Å². The molecule has 2 atom stereocenters. The van der Waals surface area contributed by atoms with Crippen molar-refractivity contribution in [1.29, 1.82) is 0 Å². The number of hydrogen-bond donors (Lipinski definition) is 2. The van der Waals surface area contributed by atoms with E-state index in [-0.39, 0.29) is 30.3 Å². The van der Waals surface area contributed by atoms with Crippen molar-refractivity contribution in [1.82, 2.24) is 5.32 Å². The van der Waals surface area contributed by atoms with E-state index in [9.17, 15) is 14.0 Å². The maximum Gasteiger partial charge on any atom is 0.203 e. The van der Waals surface area contributed by atoms with Gasteiger partial charge in [0.25, 0.3) is 0 Å². The van der Waals surface area contributed by atoms with Crippen LogP contribution in [0.15, 0.2) is 123 Å². The van der Waals surface area contributed by atoms with Gasteiger partial charge in [-0.1, -0.05) is 63.7 Å². The van der Waals surface area contributed by atoms with E-state index >= 15 is 0 Å². The molecular formula is C45H45Br4FN2O6. The molecule has 8 rings (SSSR count). The summed E-state index contributed by atoms with van der Waals surface area (Å²) < 4.78 is 38.8. The predicted molar refractivity (Wildman–Crippen MR) is 244 cm³/mol. The Bertz CT molecular complexity index is 2500. The Morgan fingerprint density at radius 3 is 1.67 bits per heavy atom. The minimum absolute atomic E-state index is 0.0568. The van der Waals surface area contributed by atoms with E-state index < -0.39 is 5.67 Å². The number of ketones is 2. The first kappa shape index (κ1) is 45.5. The summed E-state index contributed by atoms with van der Waals surface area (Å²) >= 11 is 13.6. The van der Waals surface area contributed by atoms with E-state index in [4.69, 9.17) is 23.7 Å². The highest BCUT2D eigenvalue weighted by Crippen LogP contribution is 2.29. The molecular weight excluding hydrogens is 1000 g/mol. The standard InChI is InChI=1S/C15H19BrFNO.C11H12BrNO.C11H9BrO2.C8H5BrO2/c1-10(18-9-15(2,3)17)6-11-8-19-14-5-4-12(16)7-13(11)14;2*1-7(13)4-8-6-14-11-3-2-9(12)5-10(8)11;9-5-1-2-8-6(3-5)7(10)4-11-8/h4-5,7-8,10,18H,6,9H2,1-3H3;2-3,5-7H,4,13H2,1H3;2-3,5-6H,4H2,1H3;1-3H,4H2. The Morgan fingerprint density at radius 1 is 0.741 bits per heavy atom. The summed E-state index contributed by atoms with van der Waals surface area (Å²) in [5.74, 6) is 0.896. The molecule has 8 nitrogen and oxygen atoms in total. The van der Waals surface area contributed by atoms with Gasteiger partial charge in [0, 0.05) is 64.7 Å². The van der Waals surface area contributed by atoms with E-state index in [1.165, 1.54) is 5.56 Å². The fraction of sp³-hybridized carbons (Fsp3) is 0.289. The third-order valence-corrected chi connectivity index (χ3v) is 10.8. The average Bonchev–Trinajstić information content (AvgIpc) is 3.94. The lowest BCUT2D eigenvalue weighted by molar-refractivity contribution is -0.116. The number of carbonyl (C=O) groups is 2. The quantitative estimate of drug-likeness (QED) is 0.147. The summed E-state index contributed by atoms with van der Waals surface area (Å²) in [6.45, 7) is 9.34. The fourth-order valence-corrected chi connectivity index (χ4v) is 7.56. The molecule has 0 saturated heterocycles. The highest BCUT2D eigenvalue weighted by atomic mass is 79.9. The van der Waals surface area contributed by atoms with Crippen molar-refractivity contribution in [3.8, 4) is 5.75 Å². The van der Waals surface area contributed by atoms with Crippen molar-refractivity contribution in [2.45, 2.75) is 71.6 Å². The molecule has 0 spiro atoms. The van der Waals surface area contributed by atoms with Gasteiger partial charge in [-0.15, -0.1) is 0 Å². The van der Waals surface area contributed by atoms with Gasteiger partial charge in [-0.25, -0.2) is 4.39 Å². The van der Waals surface area contributed by atoms with E-state index in [2.05, 4.69) is 88.1 Å². The van der Waals surface area contributed by atoms with Gasteiger partial charge in [0.1, 0.15) is 34.0 Å². The van der Waals surface area contributed by atoms with Crippen LogP contribution in [0.4, 0.5) is 4.39 Å². The number of nitrogens with two attached hydrogens (primary N) is 1. The highest BCUT2D eigenvalue weighted by Gasteiger charge is 2.20. The molecule has 1 aliphatic rings. The third-order valence-electron chi connectivity index (χ3n) is 8.83. The molecule has 3 aromatic heterocycles. The molecule has 0 bridgehead atoms. The largest absolute Gasteiger partial charge is 0.485 e. The number of hydrogen-bond acceptors (Lipinski definition) is 8. The van der Waals surface area contributed by atoms with Crippen LogP contribution in [0.25, 0.3) is 32.9 Å². The molecule has 0 fully saturated rings. The van der Waals surface area contributed by atoms with Crippen LogP contribution >= 0.6 is 63.7 Å². The smallest absolute Gasteiger partial charge is 0.203 e. The third kappa shape index (κ3) is 13.2. The molecule has 4 heterocycles. The zero-order chi connectivity index (χ0) is 42.1. The van der Waals surface area contributed by atoms with Gasteiger partial charge in [-0.05, 0) is 131 Å². The van der Waals surface area contributed by atoms with Crippen LogP contribution in [-0.2, 0) is 24.1 Å². The van der Waals surface area contributed by atoms with Crippen LogP contribution < -0.4 is 15.8 Å². The number of nitrogens with one attached hydrogen (secondary N) is 1. The lowest BCUT2D eigenvalue weighted by atomic mass is 10.1. The van der Waals surface area contributed by atoms with Gasteiger partial charge in [-0.2, -0.15) is 0 Å². The summed E-state index contributed by atoms with van der Waals surface area (Å²) in [7, 11) is 0. The summed E-state index contributed by atoms with van der Waals surface area (Å²) in [5, 5.41) is 6.48. The maximum absolute atomic E-state index is 13.4. The van der Waals surface area contributed by atoms with Gasteiger partial charge in [0.05, 0.1) is 24.4 Å². The van der Waals surface area contributed by atoms with Gasteiger partial charge >= 0.3 is 0 Å². The fourth-order valence-electron chi connectivity index (χ4n) is 6.12. The molecule has 2 unspecified atom stereocenters. The zero-order valence-corrected chi connectivity index (χ0v) is 39.1. The number of carbonyl (C=O) groups excluding carboxylic acids is 2. The Balaban J connectivity index is 0.000000150. The Hall–Kier alpha value is -3.59. The molecule has 1 aliphatic heterocycles. The first-order valence-corrected chi connectivity index (χ1v) is 21.7. The number of ether oxygens (including phenoxy) is 1. The molecule has 0 amide bonds. The summed E-state index contributed by atoms with van der Waals surface area (Å²) in [6, 6.07) is 23.6. The molecule has 58 heavy (non-hydrogen) atoms. The first-order valence-electron chi connectivity index (χ1n) is 18.6. The lowest BCUT2D eigenvalue weighted by Gasteiger charge is -2.19. The van der Waals surface area contributed by atoms with Crippen molar-refractivity contribution in [2.75, 3.05) is 13.2 Å². The molecule has 3 N–H and O–H groups in total. The SMILES string of the molecule is CC(=O)Cc1coc2ccc(Br)cc12.CC(Cc1coc2ccc(Br)cc12)NCC(C)(C)F.CC(N)Cc1coc2ccc(Br)cc12.O=C1COc2ccc(Br)cc21. The number of halogens is 5. The number of rotatable bonds is 9. The minimum atomic E-state index is -1.18. The van der Waals surface area contributed by atoms with Crippen molar-refractivity contribution < 1.29 is 32.0 Å². The number of furan rings is 3. The van der Waals surface area contributed by atoms with Crippen LogP contribution in [0.1, 0.15) is 61.7 Å². The van der Waals surface area contributed by atoms with Gasteiger partial charge < -0.3 is 29.0 Å². The highest BCUT2D eigenvalue weighted by molar-refractivity contribution is 9.11. The predicted octanol–water partition coefficient (Wildman–Crippen LogP) is 12.9. The van der Waals surface area contributed by atoms with Crippen LogP contribution in [-0.4, -0.2) is 42.5 Å². The second-order valence-corrected chi connectivity index (χ2v) is 18.5. The van der Waals surface area contributed by atoms with Crippen molar-refractivity contribution in [3.63, 3.8) is 0 Å². The maximum atomic E-state index is 13.4. The van der Waals surface area contributed by atoms with E-state index in [1.807, 2.05) is 55.5 Å². The van der Waals surface area contributed by atoms with Gasteiger partial charge in [0.2, 0.25) is 5.78 Å². The van der Waals surface area contributed by atoms with Crippen molar-refractivity contribution in [2.24, 2.45) is 5.73 Å². The van der Waals surface area contributed by atoms with Crippen LogP contribution in [0, 0.1) is 0 Å². The van der Waals surface area contributed by atoms with Gasteiger partial charge in [0.15, 0.2) is 6.61 Å². The molecule has 7 aromatic rings. The first-order chi connectivity index (χ1) is 27.4. The summed E-state index contributed by atoms with van der Waals surface area (Å²) in [5.41, 5.74) is 11.2. The second-order valence-electron chi connectivity index (χ2n) is 14.8. The summed E-state index contributed by atoms with van der Waals surface area (Å²) in [4.78, 5) is 22.1. The minimum Gasteiger partial charge on any atom is -0.485 e. The van der Waals surface area contributed by atoms with Crippen molar-refractivity contribution in [3.05, 3.63) is 132 Å². The number of alkyl halides is 1.